The molecule has 1 nitrogen and oxygen atoms in total. The molecule has 2 rings (SSSR count). The largest absolute Gasteiger partial charge is 0.299 e. The van der Waals surface area contributed by atoms with E-state index in [0.717, 1.165) is 11.1 Å². The fourth-order valence-electron chi connectivity index (χ4n) is 2.03. The lowest BCUT2D eigenvalue weighted by molar-refractivity contribution is -0.117. The summed E-state index contributed by atoms with van der Waals surface area (Å²) in [5, 5.41) is 1.25. The number of Topliss-reactive ketones (excluding diaryl/α,β-unsaturated/α-hetero) is 1. The molecule has 0 aromatic heterocycles. The SMILES string of the molecule is CC(=O)C(c1cccc(Cl)c1)c1cccc(Cl)c1. The van der Waals surface area contributed by atoms with Gasteiger partial charge in [-0.25, -0.2) is 0 Å². The maximum Gasteiger partial charge on any atom is 0.141 e. The molecular weight excluding hydrogens is 267 g/mol. The van der Waals surface area contributed by atoms with Gasteiger partial charge in [0.2, 0.25) is 0 Å². The zero-order chi connectivity index (χ0) is 13.1. The maximum absolute atomic E-state index is 11.9. The highest BCUT2D eigenvalue weighted by Gasteiger charge is 2.19. The van der Waals surface area contributed by atoms with Gasteiger partial charge in [-0.3, -0.25) is 4.79 Å². The second-order valence-electron chi connectivity index (χ2n) is 4.15. The highest BCUT2D eigenvalue weighted by Crippen LogP contribution is 2.29. The van der Waals surface area contributed by atoms with Gasteiger partial charge in [0.1, 0.15) is 5.78 Å². The summed E-state index contributed by atoms with van der Waals surface area (Å²) in [6.07, 6.45) is 0. The predicted octanol–water partition coefficient (Wildman–Crippen LogP) is 4.71. The lowest BCUT2D eigenvalue weighted by Crippen LogP contribution is -2.10. The lowest BCUT2D eigenvalue weighted by Gasteiger charge is -2.15. The minimum Gasteiger partial charge on any atom is -0.299 e. The first-order chi connectivity index (χ1) is 8.58. The van der Waals surface area contributed by atoms with Crippen LogP contribution in [0.1, 0.15) is 24.0 Å². The molecule has 0 fully saturated rings. The Bertz CT molecular complexity index is 533. The molecule has 18 heavy (non-hydrogen) atoms. The van der Waals surface area contributed by atoms with E-state index in [1.807, 2.05) is 36.4 Å². The van der Waals surface area contributed by atoms with E-state index in [0.29, 0.717) is 10.0 Å². The highest BCUT2D eigenvalue weighted by atomic mass is 35.5. The van der Waals surface area contributed by atoms with Crippen LogP contribution in [0.15, 0.2) is 48.5 Å². The van der Waals surface area contributed by atoms with Crippen molar-refractivity contribution in [3.63, 3.8) is 0 Å². The predicted molar refractivity (Wildman–Crippen MR) is 75.4 cm³/mol. The molecule has 0 spiro atoms. The molecule has 0 saturated carbocycles. The molecule has 0 amide bonds. The van der Waals surface area contributed by atoms with Gasteiger partial charge < -0.3 is 0 Å². The molecule has 0 aliphatic carbocycles. The molecule has 0 bridgehead atoms. The molecule has 0 unspecified atom stereocenters. The minimum absolute atomic E-state index is 0.0690. The van der Waals surface area contributed by atoms with Crippen LogP contribution in [-0.4, -0.2) is 5.78 Å². The minimum atomic E-state index is -0.317. The highest BCUT2D eigenvalue weighted by molar-refractivity contribution is 6.31. The number of carbonyl (C=O) groups excluding carboxylic acids is 1. The number of benzene rings is 2. The van der Waals surface area contributed by atoms with Crippen molar-refractivity contribution in [1.82, 2.24) is 0 Å². The van der Waals surface area contributed by atoms with Crippen molar-refractivity contribution < 1.29 is 4.79 Å². The number of hydrogen-bond acceptors (Lipinski definition) is 1. The fraction of sp³-hybridized carbons (Fsp3) is 0.133. The second-order valence-corrected chi connectivity index (χ2v) is 5.03. The van der Waals surface area contributed by atoms with Crippen molar-refractivity contribution in [3.8, 4) is 0 Å². The monoisotopic (exact) mass is 278 g/mol. The lowest BCUT2D eigenvalue weighted by atomic mass is 9.88. The van der Waals surface area contributed by atoms with Gasteiger partial charge in [0.15, 0.2) is 0 Å². The first-order valence-electron chi connectivity index (χ1n) is 5.59. The number of halogens is 2. The van der Waals surface area contributed by atoms with Crippen LogP contribution in [-0.2, 0) is 4.79 Å². The van der Waals surface area contributed by atoms with E-state index in [1.54, 1.807) is 19.1 Å². The molecule has 0 heterocycles. The Morgan fingerprint density at radius 2 is 1.39 bits per heavy atom. The Labute approximate surface area is 116 Å². The molecule has 2 aromatic rings. The summed E-state index contributed by atoms with van der Waals surface area (Å²) in [7, 11) is 0. The van der Waals surface area contributed by atoms with E-state index in [-0.39, 0.29) is 11.7 Å². The smallest absolute Gasteiger partial charge is 0.141 e. The number of carbonyl (C=O) groups is 1. The molecule has 92 valence electrons. The third kappa shape index (κ3) is 2.92. The first-order valence-corrected chi connectivity index (χ1v) is 6.35. The van der Waals surface area contributed by atoms with Crippen LogP contribution in [0, 0.1) is 0 Å². The molecule has 0 aliphatic heterocycles. The zero-order valence-electron chi connectivity index (χ0n) is 9.86. The molecule has 2 aromatic carbocycles. The molecule has 0 radical (unpaired) electrons. The van der Waals surface area contributed by atoms with Gasteiger partial charge >= 0.3 is 0 Å². The molecule has 0 N–H and O–H groups in total. The van der Waals surface area contributed by atoms with Gasteiger partial charge in [0, 0.05) is 10.0 Å². The van der Waals surface area contributed by atoms with Crippen LogP contribution >= 0.6 is 23.2 Å². The summed E-state index contributed by atoms with van der Waals surface area (Å²) in [5.41, 5.74) is 1.77. The molecule has 3 heteroatoms. The topological polar surface area (TPSA) is 17.1 Å². The Hall–Kier alpha value is -1.31. The van der Waals surface area contributed by atoms with E-state index < -0.39 is 0 Å². The van der Waals surface area contributed by atoms with E-state index in [9.17, 15) is 4.79 Å². The fourth-order valence-corrected chi connectivity index (χ4v) is 2.43. The number of rotatable bonds is 3. The van der Waals surface area contributed by atoms with Crippen LogP contribution in [0.4, 0.5) is 0 Å². The average molecular weight is 279 g/mol. The number of hydrogen-bond donors (Lipinski definition) is 0. The van der Waals surface area contributed by atoms with Crippen molar-refractivity contribution in [1.29, 1.82) is 0 Å². The maximum atomic E-state index is 11.9. The second kappa shape index (κ2) is 5.55. The normalized spacial score (nSPS) is 10.7. The molecule has 0 atom stereocenters. The molecular formula is C15H12Cl2O. The summed E-state index contributed by atoms with van der Waals surface area (Å²) >= 11 is 11.9. The van der Waals surface area contributed by atoms with Gasteiger partial charge in [-0.15, -0.1) is 0 Å². The van der Waals surface area contributed by atoms with Crippen molar-refractivity contribution in [3.05, 3.63) is 69.7 Å². The van der Waals surface area contributed by atoms with Crippen LogP contribution in [0.3, 0.4) is 0 Å². The van der Waals surface area contributed by atoms with Crippen LogP contribution in [0.2, 0.25) is 10.0 Å². The van der Waals surface area contributed by atoms with Crippen molar-refractivity contribution in [2.75, 3.05) is 0 Å². The Morgan fingerprint density at radius 3 is 1.72 bits per heavy atom. The summed E-state index contributed by atoms with van der Waals surface area (Å²) in [6, 6.07) is 14.7. The summed E-state index contributed by atoms with van der Waals surface area (Å²) < 4.78 is 0. The van der Waals surface area contributed by atoms with Gasteiger partial charge in [0.05, 0.1) is 5.92 Å². The quantitative estimate of drug-likeness (QED) is 0.794. The average Bonchev–Trinajstić information content (AvgIpc) is 2.28. The van der Waals surface area contributed by atoms with Gasteiger partial charge in [-0.05, 0) is 42.3 Å². The van der Waals surface area contributed by atoms with Crippen molar-refractivity contribution >= 4 is 29.0 Å². The van der Waals surface area contributed by atoms with E-state index in [2.05, 4.69) is 0 Å². The van der Waals surface area contributed by atoms with Gasteiger partial charge in [-0.2, -0.15) is 0 Å². The molecule has 0 aliphatic rings. The summed E-state index contributed by atoms with van der Waals surface area (Å²) in [4.78, 5) is 11.9. The molecule has 0 saturated heterocycles. The Kier molecular flexibility index (Phi) is 4.05. The third-order valence-electron chi connectivity index (χ3n) is 2.77. The standard InChI is InChI=1S/C15H12Cl2O/c1-10(18)15(11-4-2-6-13(16)8-11)12-5-3-7-14(17)9-12/h2-9,15H,1H3. The Morgan fingerprint density at radius 1 is 0.944 bits per heavy atom. The van der Waals surface area contributed by atoms with E-state index >= 15 is 0 Å². The van der Waals surface area contributed by atoms with E-state index in [4.69, 9.17) is 23.2 Å². The van der Waals surface area contributed by atoms with E-state index in [1.165, 1.54) is 0 Å². The van der Waals surface area contributed by atoms with Crippen molar-refractivity contribution in [2.24, 2.45) is 0 Å². The third-order valence-corrected chi connectivity index (χ3v) is 3.24. The van der Waals surface area contributed by atoms with Gasteiger partial charge in [0.25, 0.3) is 0 Å². The number of ketones is 1. The first kappa shape index (κ1) is 13.1. The Balaban J connectivity index is 2.50. The van der Waals surface area contributed by atoms with Crippen LogP contribution in [0.5, 0.6) is 0 Å². The van der Waals surface area contributed by atoms with Gasteiger partial charge in [-0.1, -0.05) is 47.5 Å². The van der Waals surface area contributed by atoms with Crippen LogP contribution in [0.25, 0.3) is 0 Å². The van der Waals surface area contributed by atoms with Crippen molar-refractivity contribution in [2.45, 2.75) is 12.8 Å². The summed E-state index contributed by atoms with van der Waals surface area (Å²) in [6.45, 7) is 1.58. The summed E-state index contributed by atoms with van der Waals surface area (Å²) in [5.74, 6) is -0.248. The zero-order valence-corrected chi connectivity index (χ0v) is 11.4. The van der Waals surface area contributed by atoms with Crippen LogP contribution < -0.4 is 0 Å².